The van der Waals surface area contributed by atoms with Gasteiger partial charge < -0.3 is 9.64 Å². The minimum absolute atomic E-state index is 0.355. The van der Waals surface area contributed by atoms with Gasteiger partial charge >= 0.3 is 5.97 Å². The molecule has 2 heterocycles. The highest BCUT2D eigenvalue weighted by atomic mass is 32.2. The molecule has 26 heavy (non-hydrogen) atoms. The Bertz CT molecular complexity index is 1120. The molecule has 4 nitrogen and oxygen atoms in total. The summed E-state index contributed by atoms with van der Waals surface area (Å²) in [5, 5.41) is 3.13. The summed E-state index contributed by atoms with van der Waals surface area (Å²) in [7, 11) is 1.97. The van der Waals surface area contributed by atoms with Gasteiger partial charge in [-0.2, -0.15) is 0 Å². The lowest BCUT2D eigenvalue weighted by Gasteiger charge is -2.15. The van der Waals surface area contributed by atoms with Gasteiger partial charge in [-0.05, 0) is 23.6 Å². The van der Waals surface area contributed by atoms with E-state index in [-0.39, 0.29) is 0 Å². The molecule has 126 valence electrons. The highest BCUT2D eigenvalue weighted by Gasteiger charge is 2.34. The summed E-state index contributed by atoms with van der Waals surface area (Å²) >= 11 is 1.55. The van der Waals surface area contributed by atoms with Crippen molar-refractivity contribution in [1.29, 1.82) is 0 Å². The molecule has 2 aliphatic rings. The first-order chi connectivity index (χ1) is 12.7. The maximum atomic E-state index is 12.5. The number of nitrogens with zero attached hydrogens (tertiary/aromatic N) is 2. The fraction of sp³-hybridized carbons (Fsp3) is 0.0476. The molecule has 0 aromatic heterocycles. The van der Waals surface area contributed by atoms with Gasteiger partial charge in [-0.25, -0.2) is 9.79 Å². The first kappa shape index (κ1) is 15.2. The predicted octanol–water partition coefficient (Wildman–Crippen LogP) is 4.55. The molecule has 0 fully saturated rings. The topological polar surface area (TPSA) is 41.9 Å². The van der Waals surface area contributed by atoms with Gasteiger partial charge in [0.1, 0.15) is 5.03 Å². The molecule has 0 amide bonds. The molecular formula is C21H14N2O2S. The molecule has 0 unspecified atom stereocenters. The van der Waals surface area contributed by atoms with Crippen LogP contribution < -0.4 is 4.90 Å². The van der Waals surface area contributed by atoms with Crippen molar-refractivity contribution >= 4 is 40.1 Å². The predicted molar refractivity (Wildman–Crippen MR) is 104 cm³/mol. The summed E-state index contributed by atoms with van der Waals surface area (Å²) in [6.07, 6.45) is 0. The van der Waals surface area contributed by atoms with Gasteiger partial charge in [0, 0.05) is 22.9 Å². The van der Waals surface area contributed by atoms with Crippen molar-refractivity contribution in [2.24, 2.45) is 4.99 Å². The molecule has 0 aliphatic carbocycles. The smallest absolute Gasteiger partial charge is 0.366 e. The van der Waals surface area contributed by atoms with Crippen LogP contribution in [0.2, 0.25) is 0 Å². The molecule has 0 N–H and O–H groups in total. The number of carbonyl (C=O) groups is 1. The maximum absolute atomic E-state index is 12.5. The van der Waals surface area contributed by atoms with Crippen molar-refractivity contribution in [2.75, 3.05) is 11.9 Å². The van der Waals surface area contributed by atoms with Gasteiger partial charge in [-0.15, -0.1) is 0 Å². The van der Waals surface area contributed by atoms with E-state index < -0.39 is 5.97 Å². The molecule has 5 heteroatoms. The van der Waals surface area contributed by atoms with Gasteiger partial charge in [-0.3, -0.25) is 0 Å². The first-order valence-corrected chi connectivity index (χ1v) is 9.08. The highest BCUT2D eigenvalue weighted by Crippen LogP contribution is 2.50. The fourth-order valence-electron chi connectivity index (χ4n) is 3.29. The minimum Gasteiger partial charge on any atom is -0.402 e. The van der Waals surface area contributed by atoms with Gasteiger partial charge in [0.05, 0.1) is 5.69 Å². The third kappa shape index (κ3) is 2.24. The average molecular weight is 358 g/mol. The zero-order valence-corrected chi connectivity index (χ0v) is 14.8. The molecule has 2 aliphatic heterocycles. The third-order valence-electron chi connectivity index (χ3n) is 4.53. The fourth-order valence-corrected chi connectivity index (χ4v) is 4.43. The van der Waals surface area contributed by atoms with Crippen molar-refractivity contribution in [3.05, 3.63) is 83.0 Å². The lowest BCUT2D eigenvalue weighted by molar-refractivity contribution is -0.130. The van der Waals surface area contributed by atoms with Crippen LogP contribution >= 0.6 is 11.8 Å². The van der Waals surface area contributed by atoms with E-state index in [0.29, 0.717) is 11.6 Å². The Morgan fingerprint density at radius 3 is 2.58 bits per heavy atom. The first-order valence-electron chi connectivity index (χ1n) is 8.26. The number of cyclic esters (lactones) is 1. The van der Waals surface area contributed by atoms with E-state index in [0.717, 1.165) is 26.6 Å². The molecule has 0 saturated carbocycles. The quantitative estimate of drug-likeness (QED) is 0.473. The number of rotatable bonds is 1. The van der Waals surface area contributed by atoms with Crippen LogP contribution in [0.5, 0.6) is 0 Å². The van der Waals surface area contributed by atoms with E-state index >= 15 is 0 Å². The monoisotopic (exact) mass is 358 g/mol. The third-order valence-corrected chi connectivity index (χ3v) is 5.74. The van der Waals surface area contributed by atoms with Gasteiger partial charge in [0.25, 0.3) is 0 Å². The Hall–Kier alpha value is -3.05. The summed E-state index contributed by atoms with van der Waals surface area (Å²) in [5.74, 6) is -0.0526. The average Bonchev–Trinajstić information content (AvgIpc) is 3.22. The number of thioether (sulfide) groups is 1. The van der Waals surface area contributed by atoms with E-state index in [4.69, 9.17) is 4.74 Å². The number of anilines is 1. The highest BCUT2D eigenvalue weighted by molar-refractivity contribution is 8.03. The number of fused-ring (bicyclic) bond motifs is 3. The van der Waals surface area contributed by atoms with Crippen LogP contribution in [-0.4, -0.2) is 18.9 Å². The van der Waals surface area contributed by atoms with Crippen LogP contribution in [0.1, 0.15) is 5.56 Å². The molecule has 0 spiro atoms. The number of carbonyl (C=O) groups excluding carboxylic acids is 1. The zero-order chi connectivity index (χ0) is 17.7. The van der Waals surface area contributed by atoms with Gasteiger partial charge in [0.15, 0.2) is 5.70 Å². The van der Waals surface area contributed by atoms with Crippen molar-refractivity contribution in [3.63, 3.8) is 0 Å². The molecule has 0 saturated heterocycles. The Morgan fingerprint density at radius 1 is 0.962 bits per heavy atom. The molecule has 3 aromatic rings. The molecular weight excluding hydrogens is 344 g/mol. The Kier molecular flexibility index (Phi) is 3.36. The summed E-state index contributed by atoms with van der Waals surface area (Å²) in [5.41, 5.74) is 2.26. The SMILES string of the molecule is CN1C(=C2N=C(c3ccccc3)OC2=O)Sc2ccc3ccccc3c21. The number of benzene rings is 3. The van der Waals surface area contributed by atoms with Crippen molar-refractivity contribution in [2.45, 2.75) is 4.90 Å². The molecule has 0 bridgehead atoms. The second kappa shape index (κ2) is 5.75. The molecule has 3 aromatic carbocycles. The van der Waals surface area contributed by atoms with Gasteiger partial charge in [-0.1, -0.05) is 60.3 Å². The van der Waals surface area contributed by atoms with Crippen molar-refractivity contribution < 1.29 is 9.53 Å². The van der Waals surface area contributed by atoms with E-state index in [2.05, 4.69) is 29.3 Å². The van der Waals surface area contributed by atoms with Crippen molar-refractivity contribution in [3.8, 4) is 0 Å². The number of esters is 1. The Balaban J connectivity index is 1.63. The normalized spacial score (nSPS) is 18.9. The largest absolute Gasteiger partial charge is 0.402 e. The lowest BCUT2D eigenvalue weighted by Crippen LogP contribution is -2.14. The number of hydrogen-bond donors (Lipinski definition) is 0. The van der Waals surface area contributed by atoms with Crippen LogP contribution in [0.3, 0.4) is 0 Å². The summed E-state index contributed by atoms with van der Waals surface area (Å²) in [6.45, 7) is 0. The van der Waals surface area contributed by atoms with E-state index in [1.54, 1.807) is 11.8 Å². The summed E-state index contributed by atoms with van der Waals surface area (Å²) < 4.78 is 5.42. The number of aliphatic imine (C=N–C) groups is 1. The van der Waals surface area contributed by atoms with Gasteiger partial charge in [0.2, 0.25) is 5.90 Å². The van der Waals surface area contributed by atoms with Crippen LogP contribution in [0.25, 0.3) is 10.8 Å². The molecule has 0 radical (unpaired) electrons. The number of ether oxygens (including phenoxy) is 1. The molecule has 5 rings (SSSR count). The zero-order valence-electron chi connectivity index (χ0n) is 14.0. The minimum atomic E-state index is -0.407. The summed E-state index contributed by atoms with van der Waals surface area (Å²) in [6, 6.07) is 21.9. The van der Waals surface area contributed by atoms with E-state index in [9.17, 15) is 4.79 Å². The van der Waals surface area contributed by atoms with Crippen LogP contribution in [0.4, 0.5) is 5.69 Å². The Morgan fingerprint density at radius 2 is 1.73 bits per heavy atom. The van der Waals surface area contributed by atoms with E-state index in [1.807, 2.05) is 54.4 Å². The second-order valence-corrected chi connectivity index (χ2v) is 7.15. The van der Waals surface area contributed by atoms with Crippen LogP contribution in [0, 0.1) is 0 Å². The van der Waals surface area contributed by atoms with Crippen molar-refractivity contribution in [1.82, 2.24) is 0 Å². The second-order valence-electron chi connectivity index (χ2n) is 6.12. The van der Waals surface area contributed by atoms with E-state index in [1.165, 1.54) is 5.39 Å². The lowest BCUT2D eigenvalue weighted by atomic mass is 10.1. The Labute approximate surface area is 154 Å². The maximum Gasteiger partial charge on any atom is 0.366 e. The van der Waals surface area contributed by atoms with Crippen LogP contribution in [-0.2, 0) is 9.53 Å². The summed E-state index contributed by atoms with van der Waals surface area (Å²) in [4.78, 5) is 20.1. The standard InChI is InChI=1S/C21H14N2O2S/c1-23-18-15-10-6-5-7-13(15)11-12-16(18)26-20(23)17-21(24)25-19(22-17)14-8-3-2-4-9-14/h2-12H,1H3. The molecule has 0 atom stereocenters. The van der Waals surface area contributed by atoms with Crippen LogP contribution in [0.15, 0.2) is 87.3 Å². The number of hydrogen-bond acceptors (Lipinski definition) is 5.